The number of morpholine rings is 1. The fraction of sp³-hybridized carbons (Fsp3) is 0.333. The van der Waals surface area contributed by atoms with Gasteiger partial charge >= 0.3 is 0 Å². The molecule has 0 spiro atoms. The maximum absolute atomic E-state index is 5.49. The first kappa shape index (κ1) is 20.6. The van der Waals surface area contributed by atoms with E-state index in [1.165, 1.54) is 16.7 Å². The highest BCUT2D eigenvalue weighted by Crippen LogP contribution is 2.25. The van der Waals surface area contributed by atoms with Crippen molar-refractivity contribution in [2.75, 3.05) is 36.5 Å². The summed E-state index contributed by atoms with van der Waals surface area (Å²) in [4.78, 5) is 7.15. The summed E-state index contributed by atoms with van der Waals surface area (Å²) in [6.07, 6.45) is 1.05. The van der Waals surface area contributed by atoms with Crippen molar-refractivity contribution < 1.29 is 4.74 Å². The van der Waals surface area contributed by atoms with Crippen LogP contribution in [0.3, 0.4) is 0 Å². The van der Waals surface area contributed by atoms with Crippen LogP contribution in [0.1, 0.15) is 23.6 Å². The fourth-order valence-corrected chi connectivity index (χ4v) is 3.85. The zero-order valence-corrected chi connectivity index (χ0v) is 18.4. The lowest BCUT2D eigenvalue weighted by molar-refractivity contribution is 0.122. The molecule has 156 valence electrons. The van der Waals surface area contributed by atoms with Crippen LogP contribution in [0.2, 0.25) is 0 Å². The maximum atomic E-state index is 5.49. The Bertz CT molecular complexity index is 1030. The summed E-state index contributed by atoms with van der Waals surface area (Å²) in [5.41, 5.74) is 5.73. The topological polar surface area (TPSA) is 49.4 Å². The molecule has 2 heterocycles. The minimum absolute atomic E-state index is 0.615. The summed E-state index contributed by atoms with van der Waals surface area (Å²) in [5, 5.41) is 8.33. The highest BCUT2D eigenvalue weighted by atomic mass is 32.1. The average Bonchev–Trinajstić information content (AvgIpc) is 2.79. The number of benzene rings is 2. The Morgan fingerprint density at radius 1 is 1.07 bits per heavy atom. The third-order valence-electron chi connectivity index (χ3n) is 5.48. The van der Waals surface area contributed by atoms with E-state index in [0.29, 0.717) is 11.7 Å². The molecule has 1 aliphatic heterocycles. The van der Waals surface area contributed by atoms with Gasteiger partial charge in [0.25, 0.3) is 0 Å². The molecule has 1 aromatic heterocycles. The molecule has 0 aliphatic carbocycles. The molecule has 1 saturated heterocycles. The monoisotopic (exact) mass is 420 g/mol. The van der Waals surface area contributed by atoms with Crippen molar-refractivity contribution in [2.24, 2.45) is 0 Å². The number of aryl methyl sites for hydroxylation is 2. The molecule has 30 heavy (non-hydrogen) atoms. The summed E-state index contributed by atoms with van der Waals surface area (Å²) in [5.74, 6) is 1.02. The van der Waals surface area contributed by atoms with Crippen molar-refractivity contribution in [3.63, 3.8) is 0 Å². The van der Waals surface area contributed by atoms with E-state index in [1.54, 1.807) is 0 Å². The normalized spacial score (nSPS) is 14.0. The lowest BCUT2D eigenvalue weighted by atomic mass is 10.1. The highest BCUT2D eigenvalue weighted by molar-refractivity contribution is 7.80. The zero-order chi connectivity index (χ0) is 20.9. The summed E-state index contributed by atoms with van der Waals surface area (Å²) >= 11 is 5.49. The molecule has 6 heteroatoms. The number of pyridine rings is 1. The summed E-state index contributed by atoms with van der Waals surface area (Å²) < 4.78 is 5.45. The molecule has 0 saturated carbocycles. The minimum Gasteiger partial charge on any atom is -0.378 e. The molecule has 1 aliphatic rings. The lowest BCUT2D eigenvalue weighted by Crippen LogP contribution is -2.36. The van der Waals surface area contributed by atoms with Gasteiger partial charge in [-0.1, -0.05) is 31.2 Å². The maximum Gasteiger partial charge on any atom is 0.171 e. The van der Waals surface area contributed by atoms with Gasteiger partial charge in [0.15, 0.2) is 5.11 Å². The molecule has 2 N–H and O–H groups in total. The van der Waals surface area contributed by atoms with Crippen molar-refractivity contribution >= 4 is 39.7 Å². The molecule has 1 fully saturated rings. The Morgan fingerprint density at radius 3 is 2.53 bits per heavy atom. The first-order chi connectivity index (χ1) is 14.6. The van der Waals surface area contributed by atoms with Gasteiger partial charge in [-0.3, -0.25) is 0 Å². The Balaban J connectivity index is 1.42. The Morgan fingerprint density at radius 2 is 1.80 bits per heavy atom. The number of anilines is 2. The third kappa shape index (κ3) is 4.89. The Labute approximate surface area is 183 Å². The van der Waals surface area contributed by atoms with Gasteiger partial charge in [0.1, 0.15) is 5.82 Å². The van der Waals surface area contributed by atoms with E-state index in [2.05, 4.69) is 71.8 Å². The average molecular weight is 421 g/mol. The number of fused-ring (bicyclic) bond motifs is 1. The van der Waals surface area contributed by atoms with Gasteiger partial charge in [0.05, 0.1) is 18.7 Å². The SMILES string of the molecule is CCc1ccc(CNC(=S)Nc2ccc3nc(N4CCOCC4)cc(C)c3c2)cc1. The second kappa shape index (κ2) is 9.41. The predicted molar refractivity (Wildman–Crippen MR) is 128 cm³/mol. The molecular formula is C24H28N4OS. The Hall–Kier alpha value is -2.70. The van der Waals surface area contributed by atoms with E-state index in [4.69, 9.17) is 21.9 Å². The van der Waals surface area contributed by atoms with Crippen LogP contribution >= 0.6 is 12.2 Å². The van der Waals surface area contributed by atoms with E-state index < -0.39 is 0 Å². The highest BCUT2D eigenvalue weighted by Gasteiger charge is 2.14. The number of nitrogens with one attached hydrogen (secondary N) is 2. The van der Waals surface area contributed by atoms with E-state index in [-0.39, 0.29) is 0 Å². The number of thiocarbonyl (C=S) groups is 1. The largest absolute Gasteiger partial charge is 0.378 e. The van der Waals surface area contributed by atoms with Crippen LogP contribution in [-0.2, 0) is 17.7 Å². The first-order valence-electron chi connectivity index (χ1n) is 10.5. The van der Waals surface area contributed by atoms with Gasteiger partial charge in [0, 0.05) is 30.7 Å². The van der Waals surface area contributed by atoms with Gasteiger partial charge in [-0.25, -0.2) is 4.98 Å². The van der Waals surface area contributed by atoms with Crippen LogP contribution in [0.4, 0.5) is 11.5 Å². The Kier molecular flexibility index (Phi) is 6.45. The molecule has 0 amide bonds. The molecule has 0 bridgehead atoms. The van der Waals surface area contributed by atoms with Crippen LogP contribution in [0.15, 0.2) is 48.5 Å². The minimum atomic E-state index is 0.615. The van der Waals surface area contributed by atoms with Crippen LogP contribution in [0.25, 0.3) is 10.9 Å². The van der Waals surface area contributed by atoms with Crippen LogP contribution in [0.5, 0.6) is 0 Å². The molecule has 0 unspecified atom stereocenters. The molecular weight excluding hydrogens is 392 g/mol. The fourth-order valence-electron chi connectivity index (χ4n) is 3.66. The van der Waals surface area contributed by atoms with Gasteiger partial charge in [-0.05, 0) is 66.5 Å². The molecule has 5 nitrogen and oxygen atoms in total. The van der Waals surface area contributed by atoms with Crippen LogP contribution in [0, 0.1) is 6.92 Å². The first-order valence-corrected chi connectivity index (χ1v) is 10.9. The van der Waals surface area contributed by atoms with Crippen LogP contribution in [-0.4, -0.2) is 36.4 Å². The van der Waals surface area contributed by atoms with Crippen molar-refractivity contribution in [1.82, 2.24) is 10.3 Å². The van der Waals surface area contributed by atoms with Crippen molar-refractivity contribution in [1.29, 1.82) is 0 Å². The van der Waals surface area contributed by atoms with Crippen LogP contribution < -0.4 is 15.5 Å². The molecule has 3 aromatic rings. The third-order valence-corrected chi connectivity index (χ3v) is 5.73. The number of nitrogens with zero attached hydrogens (tertiary/aromatic N) is 2. The second-order valence-electron chi connectivity index (χ2n) is 7.61. The quantitative estimate of drug-likeness (QED) is 0.596. The standard InChI is InChI=1S/C24H28N4OS/c1-3-18-4-6-19(7-5-18)16-25-24(30)26-20-8-9-22-21(15-20)17(2)14-23(27-22)28-10-12-29-13-11-28/h4-9,14-15H,3,10-13,16H2,1-2H3,(H2,25,26,30). The van der Waals surface area contributed by atoms with Crippen molar-refractivity contribution in [2.45, 2.75) is 26.8 Å². The molecule has 0 atom stereocenters. The van der Waals surface area contributed by atoms with Crippen molar-refractivity contribution in [3.05, 3.63) is 65.2 Å². The molecule has 0 radical (unpaired) electrons. The van der Waals surface area contributed by atoms with E-state index in [1.807, 2.05) is 6.07 Å². The predicted octanol–water partition coefficient (Wildman–Crippen LogP) is 4.43. The summed E-state index contributed by atoms with van der Waals surface area (Å²) in [7, 11) is 0. The molecule has 2 aromatic carbocycles. The molecule has 4 rings (SSSR count). The van der Waals surface area contributed by atoms with E-state index in [9.17, 15) is 0 Å². The number of ether oxygens (including phenoxy) is 1. The van der Waals surface area contributed by atoms with Gasteiger partial charge in [-0.15, -0.1) is 0 Å². The van der Waals surface area contributed by atoms with Crippen molar-refractivity contribution in [3.8, 4) is 0 Å². The van der Waals surface area contributed by atoms with Gasteiger partial charge in [0.2, 0.25) is 0 Å². The zero-order valence-electron chi connectivity index (χ0n) is 17.6. The lowest BCUT2D eigenvalue weighted by Gasteiger charge is -2.28. The van der Waals surface area contributed by atoms with E-state index >= 15 is 0 Å². The number of rotatable bonds is 5. The number of aromatic nitrogens is 1. The van der Waals surface area contributed by atoms with Gasteiger partial charge < -0.3 is 20.3 Å². The smallest absolute Gasteiger partial charge is 0.171 e. The second-order valence-corrected chi connectivity index (χ2v) is 8.01. The number of hydrogen-bond donors (Lipinski definition) is 2. The van der Waals surface area contributed by atoms with Gasteiger partial charge in [-0.2, -0.15) is 0 Å². The summed E-state index contributed by atoms with van der Waals surface area (Å²) in [6, 6.07) is 17.0. The number of hydrogen-bond acceptors (Lipinski definition) is 4. The summed E-state index contributed by atoms with van der Waals surface area (Å²) in [6.45, 7) is 8.29. The van der Waals surface area contributed by atoms with E-state index in [0.717, 1.165) is 55.1 Å².